The van der Waals surface area contributed by atoms with Gasteiger partial charge >= 0.3 is 0 Å². The first-order valence-electron chi connectivity index (χ1n) is 5.82. The number of nitrogens with one attached hydrogen (secondary N) is 1. The van der Waals surface area contributed by atoms with Gasteiger partial charge in [-0.25, -0.2) is 4.39 Å². The third-order valence-corrected chi connectivity index (χ3v) is 3.62. The van der Waals surface area contributed by atoms with Crippen molar-refractivity contribution in [1.29, 1.82) is 0 Å². The predicted molar refractivity (Wildman–Crippen MR) is 77.3 cm³/mol. The van der Waals surface area contributed by atoms with Gasteiger partial charge in [0.15, 0.2) is 0 Å². The Hall–Kier alpha value is -1.35. The van der Waals surface area contributed by atoms with Gasteiger partial charge in [-0.1, -0.05) is 40.2 Å². The zero-order valence-corrected chi connectivity index (χ0v) is 12.0. The maximum Gasteiger partial charge on any atom is 0.146 e. The highest BCUT2D eigenvalue weighted by Crippen LogP contribution is 2.22. The number of rotatable bonds is 3. The van der Waals surface area contributed by atoms with Crippen LogP contribution in [0.1, 0.15) is 16.7 Å². The van der Waals surface area contributed by atoms with Crippen molar-refractivity contribution in [2.75, 3.05) is 5.32 Å². The molecular formula is C15H15BrFN. The van der Waals surface area contributed by atoms with Crippen LogP contribution in [-0.2, 0) is 6.54 Å². The molecule has 0 spiro atoms. The van der Waals surface area contributed by atoms with Gasteiger partial charge in [0.1, 0.15) is 5.82 Å². The van der Waals surface area contributed by atoms with E-state index >= 15 is 0 Å². The Morgan fingerprint density at radius 1 is 1.17 bits per heavy atom. The van der Waals surface area contributed by atoms with Crippen LogP contribution in [0, 0.1) is 19.7 Å². The summed E-state index contributed by atoms with van der Waals surface area (Å²) < 4.78 is 14.7. The number of anilines is 1. The lowest BCUT2D eigenvalue weighted by atomic mass is 10.1. The molecule has 1 N–H and O–H groups in total. The minimum Gasteiger partial charge on any atom is -0.378 e. The summed E-state index contributed by atoms with van der Waals surface area (Å²) in [6.45, 7) is 4.54. The molecule has 0 aliphatic heterocycles. The van der Waals surface area contributed by atoms with Crippen LogP contribution in [0.2, 0.25) is 0 Å². The van der Waals surface area contributed by atoms with Crippen molar-refractivity contribution in [3.05, 3.63) is 63.4 Å². The van der Waals surface area contributed by atoms with E-state index in [9.17, 15) is 4.39 Å². The van der Waals surface area contributed by atoms with Crippen LogP contribution in [0.4, 0.5) is 10.1 Å². The molecule has 2 aromatic carbocycles. The van der Waals surface area contributed by atoms with E-state index in [-0.39, 0.29) is 5.82 Å². The van der Waals surface area contributed by atoms with Crippen LogP contribution in [-0.4, -0.2) is 0 Å². The highest BCUT2D eigenvalue weighted by Gasteiger charge is 2.06. The topological polar surface area (TPSA) is 12.0 Å². The lowest BCUT2D eigenvalue weighted by Gasteiger charge is -2.12. The highest BCUT2D eigenvalue weighted by atomic mass is 79.9. The SMILES string of the molecule is Cc1ccc(CNc2c(C)cccc2F)c(Br)c1. The fraction of sp³-hybridized carbons (Fsp3) is 0.200. The van der Waals surface area contributed by atoms with Crippen molar-refractivity contribution >= 4 is 21.6 Å². The molecule has 2 rings (SSSR count). The van der Waals surface area contributed by atoms with Gasteiger partial charge in [-0.15, -0.1) is 0 Å². The molecule has 18 heavy (non-hydrogen) atoms. The summed E-state index contributed by atoms with van der Waals surface area (Å²) in [6.07, 6.45) is 0. The van der Waals surface area contributed by atoms with E-state index in [1.807, 2.05) is 26.0 Å². The second kappa shape index (κ2) is 5.53. The van der Waals surface area contributed by atoms with Crippen molar-refractivity contribution < 1.29 is 4.39 Å². The zero-order valence-electron chi connectivity index (χ0n) is 10.4. The highest BCUT2D eigenvalue weighted by molar-refractivity contribution is 9.10. The quantitative estimate of drug-likeness (QED) is 0.857. The summed E-state index contributed by atoms with van der Waals surface area (Å²) in [4.78, 5) is 0. The molecule has 0 saturated heterocycles. The molecule has 94 valence electrons. The van der Waals surface area contributed by atoms with Crippen molar-refractivity contribution in [3.63, 3.8) is 0 Å². The molecule has 0 bridgehead atoms. The molecule has 0 fully saturated rings. The Labute approximate surface area is 115 Å². The Morgan fingerprint density at radius 3 is 2.61 bits per heavy atom. The number of hydrogen-bond acceptors (Lipinski definition) is 1. The fourth-order valence-electron chi connectivity index (χ4n) is 1.84. The monoisotopic (exact) mass is 307 g/mol. The first-order valence-corrected chi connectivity index (χ1v) is 6.61. The lowest BCUT2D eigenvalue weighted by Crippen LogP contribution is -2.04. The molecule has 1 nitrogen and oxygen atoms in total. The second-order valence-electron chi connectivity index (χ2n) is 4.38. The van der Waals surface area contributed by atoms with Gasteiger partial charge < -0.3 is 5.32 Å². The molecule has 0 radical (unpaired) electrons. The number of para-hydroxylation sites is 1. The molecule has 3 heteroatoms. The van der Waals surface area contributed by atoms with Crippen LogP contribution < -0.4 is 5.32 Å². The summed E-state index contributed by atoms with van der Waals surface area (Å²) in [7, 11) is 0. The van der Waals surface area contributed by atoms with E-state index in [1.54, 1.807) is 6.07 Å². The van der Waals surface area contributed by atoms with E-state index < -0.39 is 0 Å². The van der Waals surface area contributed by atoms with Crippen LogP contribution in [0.5, 0.6) is 0 Å². The molecule has 0 amide bonds. The number of aryl methyl sites for hydroxylation is 2. The van der Waals surface area contributed by atoms with Crippen molar-refractivity contribution in [2.45, 2.75) is 20.4 Å². The largest absolute Gasteiger partial charge is 0.378 e. The second-order valence-corrected chi connectivity index (χ2v) is 5.23. The average molecular weight is 308 g/mol. The molecule has 0 aromatic heterocycles. The van der Waals surface area contributed by atoms with Crippen molar-refractivity contribution in [2.24, 2.45) is 0 Å². The maximum absolute atomic E-state index is 13.6. The number of hydrogen-bond donors (Lipinski definition) is 1. The normalized spacial score (nSPS) is 10.4. The van der Waals surface area contributed by atoms with Crippen LogP contribution >= 0.6 is 15.9 Å². The summed E-state index contributed by atoms with van der Waals surface area (Å²) in [5.74, 6) is -0.210. The maximum atomic E-state index is 13.6. The van der Waals surface area contributed by atoms with Crippen molar-refractivity contribution in [1.82, 2.24) is 0 Å². The zero-order chi connectivity index (χ0) is 13.1. The molecule has 0 saturated carbocycles. The predicted octanol–water partition coefficient (Wildman–Crippen LogP) is 4.82. The van der Waals surface area contributed by atoms with Crippen LogP contribution in [0.3, 0.4) is 0 Å². The van der Waals surface area contributed by atoms with E-state index in [0.29, 0.717) is 12.2 Å². The smallest absolute Gasteiger partial charge is 0.146 e. The third kappa shape index (κ3) is 2.91. The molecule has 0 aliphatic rings. The summed E-state index contributed by atoms with van der Waals surface area (Å²) in [6, 6.07) is 11.2. The number of halogens is 2. The molecule has 0 heterocycles. The minimum absolute atomic E-state index is 0.210. The Kier molecular flexibility index (Phi) is 4.02. The summed E-state index contributed by atoms with van der Waals surface area (Å²) in [5.41, 5.74) is 3.80. The lowest BCUT2D eigenvalue weighted by molar-refractivity contribution is 0.629. The van der Waals surface area contributed by atoms with Gasteiger partial charge in [0.05, 0.1) is 5.69 Å². The first-order chi connectivity index (χ1) is 8.58. The standard InChI is InChI=1S/C15H15BrFN/c1-10-6-7-12(13(16)8-10)9-18-15-11(2)4-3-5-14(15)17/h3-8,18H,9H2,1-2H3. The van der Waals surface area contributed by atoms with E-state index in [0.717, 1.165) is 15.6 Å². The van der Waals surface area contributed by atoms with E-state index in [4.69, 9.17) is 0 Å². The van der Waals surface area contributed by atoms with Gasteiger partial charge in [-0.3, -0.25) is 0 Å². The molecule has 0 atom stereocenters. The summed E-state index contributed by atoms with van der Waals surface area (Å²) >= 11 is 3.52. The summed E-state index contributed by atoms with van der Waals surface area (Å²) in [5, 5.41) is 3.15. The van der Waals surface area contributed by atoms with Gasteiger partial charge in [0.25, 0.3) is 0 Å². The third-order valence-electron chi connectivity index (χ3n) is 2.89. The molecule has 0 unspecified atom stereocenters. The van der Waals surface area contributed by atoms with Crippen LogP contribution in [0.25, 0.3) is 0 Å². The van der Waals surface area contributed by atoms with Crippen LogP contribution in [0.15, 0.2) is 40.9 Å². The van der Waals surface area contributed by atoms with Gasteiger partial charge in [0.2, 0.25) is 0 Å². The fourth-order valence-corrected chi connectivity index (χ4v) is 2.47. The van der Waals surface area contributed by atoms with Gasteiger partial charge in [-0.05, 0) is 42.7 Å². The molecule has 0 aliphatic carbocycles. The Balaban J connectivity index is 2.16. The Bertz CT molecular complexity index is 546. The minimum atomic E-state index is -0.210. The van der Waals surface area contributed by atoms with Gasteiger partial charge in [0, 0.05) is 11.0 Å². The van der Waals surface area contributed by atoms with E-state index in [2.05, 4.69) is 33.4 Å². The average Bonchev–Trinajstić information content (AvgIpc) is 2.31. The molecular weight excluding hydrogens is 293 g/mol. The van der Waals surface area contributed by atoms with Crippen molar-refractivity contribution in [3.8, 4) is 0 Å². The molecule has 2 aromatic rings. The van der Waals surface area contributed by atoms with E-state index in [1.165, 1.54) is 11.6 Å². The first kappa shape index (κ1) is 13.1. The van der Waals surface area contributed by atoms with Gasteiger partial charge in [-0.2, -0.15) is 0 Å². The Morgan fingerprint density at radius 2 is 1.94 bits per heavy atom. The number of benzene rings is 2.